The summed E-state index contributed by atoms with van der Waals surface area (Å²) in [6.45, 7) is 6.01. The average Bonchev–Trinajstić information content (AvgIpc) is 3.16. The number of hydrogen-bond acceptors (Lipinski definition) is 5. The molecular weight excluding hydrogens is 375 g/mol. The van der Waals surface area contributed by atoms with E-state index in [1.54, 1.807) is 0 Å². The number of hydrogen-bond donors (Lipinski definition) is 1. The zero-order chi connectivity index (χ0) is 21.0. The van der Waals surface area contributed by atoms with Crippen LogP contribution >= 0.6 is 0 Å². The summed E-state index contributed by atoms with van der Waals surface area (Å²) in [5.74, 6) is -0.875. The first-order chi connectivity index (χ1) is 14.0. The molecule has 4 rings (SSSR count). The van der Waals surface area contributed by atoms with Crippen LogP contribution in [0.2, 0.25) is 0 Å². The van der Waals surface area contributed by atoms with E-state index >= 15 is 0 Å². The highest BCUT2D eigenvalue weighted by molar-refractivity contribution is 5.86. The van der Waals surface area contributed by atoms with Gasteiger partial charge in [0.15, 0.2) is 11.6 Å². The monoisotopic (exact) mass is 394 g/mol. The maximum Gasteiger partial charge on any atom is 0.272 e. The van der Waals surface area contributed by atoms with Crippen LogP contribution in [0.25, 0.3) is 22.3 Å². The van der Waals surface area contributed by atoms with Crippen LogP contribution < -0.4 is 4.74 Å². The van der Waals surface area contributed by atoms with Crippen molar-refractivity contribution in [2.45, 2.75) is 20.8 Å². The van der Waals surface area contributed by atoms with E-state index in [4.69, 9.17) is 4.74 Å². The third-order valence-electron chi connectivity index (χ3n) is 4.08. The molecule has 8 heteroatoms. The number of halogens is 1. The average molecular weight is 394 g/mol. The predicted molar refractivity (Wildman–Crippen MR) is 109 cm³/mol. The van der Waals surface area contributed by atoms with Crippen molar-refractivity contribution in [3.05, 3.63) is 76.4 Å². The van der Waals surface area contributed by atoms with E-state index in [-0.39, 0.29) is 17.3 Å². The SMILES string of the molecule is CC.Cc1ccc(-c2cc3ncnc(Oc4ccc([N+](=O)[O-])cc4F)c3[nH]2)cc1. The molecule has 0 aliphatic carbocycles. The number of ether oxygens (including phenoxy) is 1. The fourth-order valence-corrected chi connectivity index (χ4v) is 2.67. The van der Waals surface area contributed by atoms with Gasteiger partial charge in [-0.2, -0.15) is 4.98 Å². The predicted octanol–water partition coefficient (Wildman–Crippen LogP) is 5.80. The van der Waals surface area contributed by atoms with E-state index in [0.29, 0.717) is 11.0 Å². The fraction of sp³-hybridized carbons (Fsp3) is 0.143. The summed E-state index contributed by atoms with van der Waals surface area (Å²) in [4.78, 5) is 21.5. The Kier molecular flexibility index (Phi) is 5.82. The number of non-ortho nitro benzene ring substituents is 1. The molecule has 0 fully saturated rings. The minimum Gasteiger partial charge on any atom is -0.434 e. The smallest absolute Gasteiger partial charge is 0.272 e. The lowest BCUT2D eigenvalue weighted by Gasteiger charge is -2.06. The van der Waals surface area contributed by atoms with Crippen molar-refractivity contribution in [1.82, 2.24) is 15.0 Å². The Morgan fingerprint density at radius 2 is 1.79 bits per heavy atom. The number of benzene rings is 2. The van der Waals surface area contributed by atoms with E-state index in [2.05, 4.69) is 15.0 Å². The molecule has 0 amide bonds. The molecule has 0 radical (unpaired) electrons. The number of aromatic amines is 1. The molecule has 0 saturated carbocycles. The second-order valence-electron chi connectivity index (χ2n) is 5.96. The molecule has 148 valence electrons. The van der Waals surface area contributed by atoms with Crippen LogP contribution in [0, 0.1) is 22.9 Å². The van der Waals surface area contributed by atoms with Gasteiger partial charge in [0.2, 0.25) is 5.88 Å². The molecule has 0 aliphatic rings. The van der Waals surface area contributed by atoms with Gasteiger partial charge in [0.25, 0.3) is 5.69 Å². The van der Waals surface area contributed by atoms with E-state index < -0.39 is 10.7 Å². The van der Waals surface area contributed by atoms with Gasteiger partial charge in [-0.15, -0.1) is 0 Å². The molecule has 0 bridgehead atoms. The van der Waals surface area contributed by atoms with Gasteiger partial charge in [0.1, 0.15) is 11.8 Å². The van der Waals surface area contributed by atoms with Gasteiger partial charge in [0, 0.05) is 11.8 Å². The normalized spacial score (nSPS) is 10.3. The highest BCUT2D eigenvalue weighted by Crippen LogP contribution is 2.32. The molecule has 0 unspecified atom stereocenters. The van der Waals surface area contributed by atoms with Gasteiger partial charge in [-0.25, -0.2) is 9.37 Å². The number of nitrogens with zero attached hydrogens (tertiary/aromatic N) is 3. The molecule has 7 nitrogen and oxygen atoms in total. The van der Waals surface area contributed by atoms with Crippen LogP contribution in [0.1, 0.15) is 19.4 Å². The van der Waals surface area contributed by atoms with E-state index in [1.807, 2.05) is 51.1 Å². The molecule has 0 aliphatic heterocycles. The van der Waals surface area contributed by atoms with Crippen molar-refractivity contribution in [2.75, 3.05) is 0 Å². The lowest BCUT2D eigenvalue weighted by Crippen LogP contribution is -1.95. The molecule has 0 spiro atoms. The Morgan fingerprint density at radius 3 is 2.45 bits per heavy atom. The molecule has 29 heavy (non-hydrogen) atoms. The number of H-pyrrole nitrogens is 1. The molecule has 0 saturated heterocycles. The van der Waals surface area contributed by atoms with Crippen LogP contribution in [0.4, 0.5) is 10.1 Å². The van der Waals surface area contributed by atoms with Crippen molar-refractivity contribution in [3.63, 3.8) is 0 Å². The lowest BCUT2D eigenvalue weighted by molar-refractivity contribution is -0.385. The second-order valence-corrected chi connectivity index (χ2v) is 5.96. The quantitative estimate of drug-likeness (QED) is 0.349. The van der Waals surface area contributed by atoms with Crippen molar-refractivity contribution in [1.29, 1.82) is 0 Å². The molecule has 2 aromatic heterocycles. The molecular formula is C21H19FN4O3. The zero-order valence-electron chi connectivity index (χ0n) is 16.1. The van der Waals surface area contributed by atoms with Crippen LogP contribution in [-0.4, -0.2) is 19.9 Å². The van der Waals surface area contributed by atoms with Crippen LogP contribution in [0.15, 0.2) is 54.9 Å². The van der Waals surface area contributed by atoms with Crippen molar-refractivity contribution in [3.8, 4) is 22.9 Å². The number of rotatable bonds is 4. The zero-order valence-corrected chi connectivity index (χ0v) is 16.1. The Labute approximate surface area is 166 Å². The van der Waals surface area contributed by atoms with Gasteiger partial charge in [-0.05, 0) is 24.6 Å². The van der Waals surface area contributed by atoms with Gasteiger partial charge in [-0.3, -0.25) is 10.1 Å². The number of nitrogens with one attached hydrogen (secondary N) is 1. The lowest BCUT2D eigenvalue weighted by atomic mass is 10.1. The summed E-state index contributed by atoms with van der Waals surface area (Å²) >= 11 is 0. The number of fused-ring (bicyclic) bond motifs is 1. The molecule has 4 aromatic rings. The highest BCUT2D eigenvalue weighted by atomic mass is 19.1. The van der Waals surface area contributed by atoms with Crippen molar-refractivity contribution in [2.24, 2.45) is 0 Å². The summed E-state index contributed by atoms with van der Waals surface area (Å²) in [7, 11) is 0. The minimum absolute atomic E-state index is 0.131. The number of nitro groups is 1. The summed E-state index contributed by atoms with van der Waals surface area (Å²) in [5, 5.41) is 10.7. The maximum atomic E-state index is 14.1. The second kappa shape index (κ2) is 8.47. The minimum atomic E-state index is -0.846. The van der Waals surface area contributed by atoms with Crippen molar-refractivity contribution >= 4 is 16.7 Å². The van der Waals surface area contributed by atoms with Crippen LogP contribution in [0.5, 0.6) is 11.6 Å². The first-order valence-corrected chi connectivity index (χ1v) is 9.04. The summed E-state index contributed by atoms with van der Waals surface area (Å²) in [5.41, 5.74) is 3.69. The summed E-state index contributed by atoms with van der Waals surface area (Å²) in [6, 6.07) is 13.0. The number of aryl methyl sites for hydroxylation is 1. The highest BCUT2D eigenvalue weighted by Gasteiger charge is 2.16. The van der Waals surface area contributed by atoms with E-state index in [1.165, 1.54) is 18.5 Å². The third kappa shape index (κ3) is 4.21. The number of nitro benzene ring substituents is 1. The van der Waals surface area contributed by atoms with E-state index in [9.17, 15) is 14.5 Å². The Bertz CT molecular complexity index is 1160. The Balaban J connectivity index is 0.00000117. The van der Waals surface area contributed by atoms with Crippen LogP contribution in [-0.2, 0) is 0 Å². The maximum absolute atomic E-state index is 14.1. The van der Waals surface area contributed by atoms with Gasteiger partial charge in [0.05, 0.1) is 16.5 Å². The van der Waals surface area contributed by atoms with Gasteiger partial charge in [-0.1, -0.05) is 43.7 Å². The fourth-order valence-electron chi connectivity index (χ4n) is 2.67. The first-order valence-electron chi connectivity index (χ1n) is 9.04. The molecule has 2 aromatic carbocycles. The van der Waals surface area contributed by atoms with Crippen LogP contribution in [0.3, 0.4) is 0 Å². The Morgan fingerprint density at radius 1 is 1.07 bits per heavy atom. The van der Waals surface area contributed by atoms with E-state index in [0.717, 1.165) is 22.9 Å². The summed E-state index contributed by atoms with van der Waals surface area (Å²) in [6.07, 6.45) is 1.31. The summed E-state index contributed by atoms with van der Waals surface area (Å²) < 4.78 is 19.7. The topological polar surface area (TPSA) is 93.9 Å². The Hall–Kier alpha value is -3.81. The number of aromatic nitrogens is 3. The molecule has 0 atom stereocenters. The van der Waals surface area contributed by atoms with Crippen molar-refractivity contribution < 1.29 is 14.1 Å². The van der Waals surface area contributed by atoms with Gasteiger partial charge < -0.3 is 9.72 Å². The largest absolute Gasteiger partial charge is 0.434 e. The molecule has 2 heterocycles. The first kappa shape index (κ1) is 19.9. The van der Waals surface area contributed by atoms with Gasteiger partial charge >= 0.3 is 0 Å². The third-order valence-corrected chi connectivity index (χ3v) is 4.08. The molecule has 1 N–H and O–H groups in total. The standard InChI is InChI=1S/C19H13FN4O3.C2H6/c1-11-2-4-12(5-3-11)15-9-16-18(23-15)19(22-10-21-16)27-17-7-6-13(24(25)26)8-14(17)20;1-2/h2-10,23H,1H3;1-2H3.